The zero-order chi connectivity index (χ0) is 23.7. The number of aromatic nitrogens is 2. The van der Waals surface area contributed by atoms with Crippen molar-refractivity contribution in [1.29, 1.82) is 0 Å². The maximum absolute atomic E-state index is 11.7. The molecule has 5 nitrogen and oxygen atoms in total. The molecule has 6 heteroatoms. The zero-order valence-corrected chi connectivity index (χ0v) is 19.7. The van der Waals surface area contributed by atoms with Crippen LogP contribution in [0.5, 0.6) is 0 Å². The van der Waals surface area contributed by atoms with Gasteiger partial charge in [0.05, 0.1) is 16.1 Å². The summed E-state index contributed by atoms with van der Waals surface area (Å²) in [5.74, 6) is 0. The van der Waals surface area contributed by atoms with Crippen LogP contribution in [0.2, 0.25) is 0 Å². The third-order valence-corrected chi connectivity index (χ3v) is 6.95. The van der Waals surface area contributed by atoms with Gasteiger partial charge in [-0.25, -0.2) is 8.42 Å². The topological polar surface area (TPSA) is 72.0 Å². The third-order valence-electron chi connectivity index (χ3n) is 5.82. The molecule has 3 aromatic carbocycles. The standard InChI is InChI=1S/C28H23N3O2S/c1-19-5-3-4-6-24(19)28-18-22(13-15-29-28)31-26-14-16-30-27-17-21(9-12-25(26)27)20-7-10-23(11-8-20)34(2,32)33/h3-18H,1-2H3,(H,29,30,31). The van der Waals surface area contributed by atoms with E-state index < -0.39 is 9.84 Å². The highest BCUT2D eigenvalue weighted by molar-refractivity contribution is 7.90. The molecule has 0 saturated carbocycles. The van der Waals surface area contributed by atoms with Gasteiger partial charge in [0, 0.05) is 41.0 Å². The Kier molecular flexibility index (Phi) is 5.59. The second kappa shape index (κ2) is 8.72. The molecule has 0 fully saturated rings. The molecule has 1 N–H and O–H groups in total. The molecular weight excluding hydrogens is 442 g/mol. The van der Waals surface area contributed by atoms with E-state index in [2.05, 4.69) is 34.3 Å². The average molecular weight is 466 g/mol. The molecule has 0 bridgehead atoms. The number of hydrogen-bond acceptors (Lipinski definition) is 5. The van der Waals surface area contributed by atoms with Gasteiger partial charge in [-0.15, -0.1) is 0 Å². The minimum absolute atomic E-state index is 0.309. The summed E-state index contributed by atoms with van der Waals surface area (Å²) in [4.78, 5) is 9.42. The van der Waals surface area contributed by atoms with Gasteiger partial charge >= 0.3 is 0 Å². The third kappa shape index (κ3) is 4.40. The van der Waals surface area contributed by atoms with Gasteiger partial charge in [0.15, 0.2) is 9.84 Å². The Morgan fingerprint density at radius 1 is 0.765 bits per heavy atom. The molecule has 34 heavy (non-hydrogen) atoms. The molecule has 168 valence electrons. The predicted molar refractivity (Wildman–Crippen MR) is 138 cm³/mol. The normalized spacial score (nSPS) is 11.5. The van der Waals surface area contributed by atoms with Crippen molar-refractivity contribution < 1.29 is 8.42 Å². The molecule has 2 heterocycles. The van der Waals surface area contributed by atoms with E-state index in [-0.39, 0.29) is 0 Å². The van der Waals surface area contributed by atoms with Crippen molar-refractivity contribution in [2.75, 3.05) is 11.6 Å². The molecule has 0 aliphatic carbocycles. The van der Waals surface area contributed by atoms with Gasteiger partial charge in [-0.1, -0.05) is 48.5 Å². The highest BCUT2D eigenvalue weighted by atomic mass is 32.2. The van der Waals surface area contributed by atoms with Crippen LogP contribution in [0.3, 0.4) is 0 Å². The average Bonchev–Trinajstić information content (AvgIpc) is 2.84. The van der Waals surface area contributed by atoms with Crippen molar-refractivity contribution in [2.45, 2.75) is 11.8 Å². The summed E-state index contributed by atoms with van der Waals surface area (Å²) in [6.07, 6.45) is 4.81. The highest BCUT2D eigenvalue weighted by Gasteiger charge is 2.10. The molecule has 5 aromatic rings. The fraction of sp³-hybridized carbons (Fsp3) is 0.0714. The molecule has 0 aliphatic heterocycles. The van der Waals surface area contributed by atoms with Crippen LogP contribution in [0, 0.1) is 6.92 Å². The first-order valence-electron chi connectivity index (χ1n) is 10.9. The fourth-order valence-electron chi connectivity index (χ4n) is 4.00. The smallest absolute Gasteiger partial charge is 0.175 e. The number of anilines is 2. The predicted octanol–water partition coefficient (Wildman–Crippen LogP) is 6.42. The number of fused-ring (bicyclic) bond motifs is 1. The quantitative estimate of drug-likeness (QED) is 0.324. The van der Waals surface area contributed by atoms with Crippen LogP contribution < -0.4 is 5.32 Å². The molecule has 0 radical (unpaired) electrons. The van der Waals surface area contributed by atoms with E-state index in [1.807, 2.05) is 66.9 Å². The summed E-state index contributed by atoms with van der Waals surface area (Å²) < 4.78 is 23.5. The number of aryl methyl sites for hydroxylation is 1. The first-order chi connectivity index (χ1) is 16.4. The maximum Gasteiger partial charge on any atom is 0.175 e. The minimum atomic E-state index is -3.22. The van der Waals surface area contributed by atoms with Crippen molar-refractivity contribution >= 4 is 32.1 Å². The number of rotatable bonds is 5. The van der Waals surface area contributed by atoms with Crippen molar-refractivity contribution in [3.63, 3.8) is 0 Å². The summed E-state index contributed by atoms with van der Waals surface area (Å²) in [5.41, 5.74) is 7.86. The van der Waals surface area contributed by atoms with Gasteiger partial charge in [0.1, 0.15) is 0 Å². The van der Waals surface area contributed by atoms with Crippen LogP contribution >= 0.6 is 0 Å². The number of pyridine rings is 2. The molecule has 5 rings (SSSR count). The fourth-order valence-corrected chi connectivity index (χ4v) is 4.63. The van der Waals surface area contributed by atoms with Crippen LogP contribution in [0.25, 0.3) is 33.3 Å². The van der Waals surface area contributed by atoms with Crippen LogP contribution in [-0.2, 0) is 9.84 Å². The Morgan fingerprint density at radius 3 is 2.26 bits per heavy atom. The van der Waals surface area contributed by atoms with Crippen molar-refractivity contribution in [3.8, 4) is 22.4 Å². The van der Waals surface area contributed by atoms with Gasteiger partial charge in [0.2, 0.25) is 0 Å². The minimum Gasteiger partial charge on any atom is -0.355 e. The van der Waals surface area contributed by atoms with Gasteiger partial charge < -0.3 is 5.32 Å². The SMILES string of the molecule is Cc1ccccc1-c1cc(Nc2ccnc3cc(-c4ccc(S(C)(=O)=O)cc4)ccc23)ccn1. The van der Waals surface area contributed by atoms with Gasteiger partial charge in [0.25, 0.3) is 0 Å². The first kappa shape index (κ1) is 21.8. The lowest BCUT2D eigenvalue weighted by Crippen LogP contribution is -1.96. The Balaban J connectivity index is 1.47. The van der Waals surface area contributed by atoms with Crippen LogP contribution in [0.4, 0.5) is 11.4 Å². The molecular formula is C28H23N3O2S. The summed E-state index contributed by atoms with van der Waals surface area (Å²) in [7, 11) is -3.22. The Morgan fingerprint density at radius 2 is 1.50 bits per heavy atom. The highest BCUT2D eigenvalue weighted by Crippen LogP contribution is 2.31. The lowest BCUT2D eigenvalue weighted by Gasteiger charge is -2.12. The number of hydrogen-bond donors (Lipinski definition) is 1. The second-order valence-electron chi connectivity index (χ2n) is 8.26. The Labute approximate surface area is 199 Å². The maximum atomic E-state index is 11.7. The van der Waals surface area contributed by atoms with Crippen LogP contribution in [0.15, 0.2) is 102 Å². The lowest BCUT2D eigenvalue weighted by atomic mass is 10.0. The van der Waals surface area contributed by atoms with Gasteiger partial charge in [-0.3, -0.25) is 9.97 Å². The second-order valence-corrected chi connectivity index (χ2v) is 10.3. The van der Waals surface area contributed by atoms with Crippen LogP contribution in [0.1, 0.15) is 5.56 Å². The lowest BCUT2D eigenvalue weighted by molar-refractivity contribution is 0.602. The summed E-state index contributed by atoms with van der Waals surface area (Å²) >= 11 is 0. The molecule has 0 saturated heterocycles. The van der Waals surface area contributed by atoms with E-state index in [4.69, 9.17) is 0 Å². The van der Waals surface area contributed by atoms with Crippen molar-refractivity contribution in [2.24, 2.45) is 0 Å². The van der Waals surface area contributed by atoms with E-state index >= 15 is 0 Å². The van der Waals surface area contributed by atoms with E-state index in [9.17, 15) is 8.42 Å². The number of sulfone groups is 1. The molecule has 0 spiro atoms. The number of nitrogens with zero attached hydrogens (tertiary/aromatic N) is 2. The summed E-state index contributed by atoms with van der Waals surface area (Å²) in [6.45, 7) is 2.08. The molecule has 0 unspecified atom stereocenters. The largest absolute Gasteiger partial charge is 0.355 e. The number of nitrogens with one attached hydrogen (secondary N) is 1. The Bertz CT molecular complexity index is 1610. The molecule has 0 amide bonds. The summed E-state index contributed by atoms with van der Waals surface area (Å²) in [5, 5.41) is 4.51. The van der Waals surface area contributed by atoms with Crippen molar-refractivity contribution in [1.82, 2.24) is 9.97 Å². The van der Waals surface area contributed by atoms with E-state index in [0.29, 0.717) is 4.90 Å². The monoisotopic (exact) mass is 465 g/mol. The number of benzene rings is 3. The van der Waals surface area contributed by atoms with Gasteiger partial charge in [-0.2, -0.15) is 0 Å². The molecule has 0 aliphatic rings. The van der Waals surface area contributed by atoms with E-state index in [0.717, 1.165) is 44.7 Å². The Hall–Kier alpha value is -4.03. The van der Waals surface area contributed by atoms with Crippen LogP contribution in [-0.4, -0.2) is 24.6 Å². The van der Waals surface area contributed by atoms with Crippen molar-refractivity contribution in [3.05, 3.63) is 103 Å². The van der Waals surface area contributed by atoms with E-state index in [1.54, 1.807) is 18.3 Å². The zero-order valence-electron chi connectivity index (χ0n) is 18.9. The molecule has 0 atom stereocenters. The summed E-state index contributed by atoms with van der Waals surface area (Å²) in [6, 6.07) is 27.1. The van der Waals surface area contributed by atoms with Gasteiger partial charge in [-0.05, 0) is 60.0 Å². The van der Waals surface area contributed by atoms with E-state index in [1.165, 1.54) is 11.8 Å². The molecule has 2 aromatic heterocycles. The first-order valence-corrected chi connectivity index (χ1v) is 12.8.